The second kappa shape index (κ2) is 6.40. The molecule has 3 heteroatoms. The van der Waals surface area contributed by atoms with Crippen molar-refractivity contribution >= 4 is 27.5 Å². The minimum absolute atomic E-state index is 0.296. The molecule has 0 bridgehead atoms. The number of allylic oxidation sites excluding steroid dienone is 1. The summed E-state index contributed by atoms with van der Waals surface area (Å²) in [6, 6.07) is 9.76. The summed E-state index contributed by atoms with van der Waals surface area (Å²) in [6.07, 6.45) is 1.52. The Hall–Kier alpha value is -1.09. The molecule has 0 atom stereocenters. The zero-order valence-corrected chi connectivity index (χ0v) is 10.2. The van der Waals surface area contributed by atoms with Gasteiger partial charge in [0.25, 0.3) is 0 Å². The Balaban J connectivity index is 2.84. The van der Waals surface area contributed by atoms with Gasteiger partial charge < -0.3 is 4.74 Å². The fourth-order valence-electron chi connectivity index (χ4n) is 1.18. The van der Waals surface area contributed by atoms with E-state index in [9.17, 15) is 4.79 Å². The number of halogens is 1. The van der Waals surface area contributed by atoms with E-state index in [1.54, 1.807) is 6.92 Å². The molecule has 0 saturated carbocycles. The Morgan fingerprint density at radius 3 is 2.60 bits per heavy atom. The van der Waals surface area contributed by atoms with Crippen molar-refractivity contribution in [2.45, 2.75) is 6.92 Å². The summed E-state index contributed by atoms with van der Waals surface area (Å²) >= 11 is 3.36. The molecule has 0 unspecified atom stereocenters. The van der Waals surface area contributed by atoms with Crippen LogP contribution in [0.15, 0.2) is 36.4 Å². The highest BCUT2D eigenvalue weighted by Gasteiger charge is 2.03. The van der Waals surface area contributed by atoms with Gasteiger partial charge in [-0.1, -0.05) is 46.3 Å². The van der Waals surface area contributed by atoms with E-state index < -0.39 is 0 Å². The average Bonchev–Trinajstić information content (AvgIpc) is 2.27. The molecule has 0 radical (unpaired) electrons. The standard InChI is InChI=1S/C12H13BrO2/c1-2-15-12(14)8-11(9-13)10-6-4-3-5-7-10/h3-8H,2,9H2,1H3/b11-8-. The molecule has 0 fully saturated rings. The molecule has 0 heterocycles. The van der Waals surface area contributed by atoms with E-state index >= 15 is 0 Å². The number of carbonyl (C=O) groups excluding carboxylic acids is 1. The van der Waals surface area contributed by atoms with Gasteiger partial charge in [-0.3, -0.25) is 0 Å². The predicted molar refractivity (Wildman–Crippen MR) is 64.8 cm³/mol. The highest BCUT2D eigenvalue weighted by molar-refractivity contribution is 9.09. The van der Waals surface area contributed by atoms with Gasteiger partial charge >= 0.3 is 5.97 Å². The number of hydrogen-bond acceptors (Lipinski definition) is 2. The Kier molecular flexibility index (Phi) is 5.12. The van der Waals surface area contributed by atoms with Crippen molar-refractivity contribution in [3.63, 3.8) is 0 Å². The van der Waals surface area contributed by atoms with Crippen LogP contribution >= 0.6 is 15.9 Å². The zero-order chi connectivity index (χ0) is 11.1. The first kappa shape index (κ1) is 12.0. The van der Waals surface area contributed by atoms with Crippen molar-refractivity contribution in [1.82, 2.24) is 0 Å². The van der Waals surface area contributed by atoms with Gasteiger partial charge in [0.05, 0.1) is 6.61 Å². The van der Waals surface area contributed by atoms with Crippen LogP contribution in [-0.2, 0) is 9.53 Å². The molecule has 0 N–H and O–H groups in total. The van der Waals surface area contributed by atoms with Crippen molar-refractivity contribution < 1.29 is 9.53 Å². The minimum atomic E-state index is -0.296. The van der Waals surface area contributed by atoms with Crippen molar-refractivity contribution in [3.05, 3.63) is 42.0 Å². The largest absolute Gasteiger partial charge is 0.463 e. The number of benzene rings is 1. The number of alkyl halides is 1. The molecule has 0 amide bonds. The Morgan fingerprint density at radius 1 is 1.40 bits per heavy atom. The fraction of sp³-hybridized carbons (Fsp3) is 0.250. The first-order chi connectivity index (χ1) is 7.27. The van der Waals surface area contributed by atoms with Gasteiger partial charge in [-0.2, -0.15) is 0 Å². The molecule has 80 valence electrons. The van der Waals surface area contributed by atoms with E-state index in [1.165, 1.54) is 6.08 Å². The fourth-order valence-corrected chi connectivity index (χ4v) is 1.66. The maximum Gasteiger partial charge on any atom is 0.331 e. The third-order valence-corrected chi connectivity index (χ3v) is 2.47. The topological polar surface area (TPSA) is 26.3 Å². The molecule has 1 rings (SSSR count). The first-order valence-electron chi connectivity index (χ1n) is 4.76. The number of rotatable bonds is 4. The molecule has 2 nitrogen and oxygen atoms in total. The molecule has 0 aliphatic heterocycles. The van der Waals surface area contributed by atoms with Crippen LogP contribution in [-0.4, -0.2) is 17.9 Å². The smallest absolute Gasteiger partial charge is 0.331 e. The van der Waals surface area contributed by atoms with Crippen molar-refractivity contribution in [2.75, 3.05) is 11.9 Å². The van der Waals surface area contributed by atoms with E-state index in [2.05, 4.69) is 15.9 Å². The van der Waals surface area contributed by atoms with Gasteiger partial charge in [-0.15, -0.1) is 0 Å². The molecule has 0 aliphatic carbocycles. The lowest BCUT2D eigenvalue weighted by atomic mass is 10.1. The summed E-state index contributed by atoms with van der Waals surface area (Å²) in [4.78, 5) is 11.3. The van der Waals surface area contributed by atoms with Crippen LogP contribution in [0.2, 0.25) is 0 Å². The Morgan fingerprint density at radius 2 is 2.07 bits per heavy atom. The van der Waals surface area contributed by atoms with Crippen LogP contribution in [0.25, 0.3) is 5.57 Å². The van der Waals surface area contributed by atoms with Gasteiger partial charge in [0.2, 0.25) is 0 Å². The third-order valence-electron chi connectivity index (χ3n) is 1.87. The molecule has 1 aromatic rings. The molecule has 0 spiro atoms. The zero-order valence-electron chi connectivity index (χ0n) is 8.57. The maximum atomic E-state index is 11.3. The molecule has 0 saturated heterocycles. The molecule has 15 heavy (non-hydrogen) atoms. The van der Waals surface area contributed by atoms with E-state index in [0.717, 1.165) is 11.1 Å². The number of esters is 1. The molecular formula is C12H13BrO2. The van der Waals surface area contributed by atoms with Crippen molar-refractivity contribution in [2.24, 2.45) is 0 Å². The summed E-state index contributed by atoms with van der Waals surface area (Å²) in [6.45, 7) is 2.20. The van der Waals surface area contributed by atoms with E-state index in [0.29, 0.717) is 11.9 Å². The number of ether oxygens (including phenoxy) is 1. The monoisotopic (exact) mass is 268 g/mol. The van der Waals surface area contributed by atoms with Crippen molar-refractivity contribution in [1.29, 1.82) is 0 Å². The highest BCUT2D eigenvalue weighted by Crippen LogP contribution is 2.16. The first-order valence-corrected chi connectivity index (χ1v) is 5.88. The van der Waals surface area contributed by atoms with Crippen LogP contribution in [0.5, 0.6) is 0 Å². The SMILES string of the molecule is CCOC(=O)/C=C(/CBr)c1ccccc1. The lowest BCUT2D eigenvalue weighted by Gasteiger charge is -2.03. The van der Waals surface area contributed by atoms with Gasteiger partial charge in [-0.05, 0) is 18.1 Å². The average molecular weight is 269 g/mol. The van der Waals surface area contributed by atoms with Gasteiger partial charge in [-0.25, -0.2) is 4.79 Å². The van der Waals surface area contributed by atoms with Crippen LogP contribution in [0, 0.1) is 0 Å². The molecular weight excluding hydrogens is 256 g/mol. The summed E-state index contributed by atoms with van der Waals surface area (Å²) in [5.74, 6) is -0.296. The van der Waals surface area contributed by atoms with Gasteiger partial charge in [0.15, 0.2) is 0 Å². The molecule has 1 aromatic carbocycles. The Labute approximate surface area is 98.1 Å². The normalized spacial score (nSPS) is 11.2. The van der Waals surface area contributed by atoms with Crippen LogP contribution in [0.1, 0.15) is 12.5 Å². The second-order valence-corrected chi connectivity index (χ2v) is 3.48. The van der Waals surface area contributed by atoms with E-state index in [-0.39, 0.29) is 5.97 Å². The summed E-state index contributed by atoms with van der Waals surface area (Å²) in [5, 5.41) is 0.635. The van der Waals surface area contributed by atoms with Gasteiger partial charge in [0, 0.05) is 11.4 Å². The number of hydrogen-bond donors (Lipinski definition) is 0. The quantitative estimate of drug-likeness (QED) is 0.477. The molecule has 0 aliphatic rings. The third kappa shape index (κ3) is 3.88. The summed E-state index contributed by atoms with van der Waals surface area (Å²) in [7, 11) is 0. The highest BCUT2D eigenvalue weighted by atomic mass is 79.9. The number of carbonyl (C=O) groups is 1. The second-order valence-electron chi connectivity index (χ2n) is 2.92. The van der Waals surface area contributed by atoms with E-state index in [4.69, 9.17) is 4.74 Å². The Bertz CT molecular complexity index is 344. The maximum absolute atomic E-state index is 11.3. The van der Waals surface area contributed by atoms with Crippen LogP contribution in [0.3, 0.4) is 0 Å². The summed E-state index contributed by atoms with van der Waals surface area (Å²) < 4.78 is 4.86. The predicted octanol–water partition coefficient (Wildman–Crippen LogP) is 3.03. The molecule has 0 aromatic heterocycles. The van der Waals surface area contributed by atoms with Crippen molar-refractivity contribution in [3.8, 4) is 0 Å². The lowest BCUT2D eigenvalue weighted by Crippen LogP contribution is -2.01. The van der Waals surface area contributed by atoms with Crippen LogP contribution < -0.4 is 0 Å². The minimum Gasteiger partial charge on any atom is -0.463 e. The summed E-state index contributed by atoms with van der Waals surface area (Å²) in [5.41, 5.74) is 1.96. The van der Waals surface area contributed by atoms with Gasteiger partial charge in [0.1, 0.15) is 0 Å². The van der Waals surface area contributed by atoms with E-state index in [1.807, 2.05) is 30.3 Å². The van der Waals surface area contributed by atoms with Crippen LogP contribution in [0.4, 0.5) is 0 Å². The lowest BCUT2D eigenvalue weighted by molar-refractivity contribution is -0.137.